The molecular formula is C19H25F3N2O5. The Balaban J connectivity index is 0.000000298. The summed E-state index contributed by atoms with van der Waals surface area (Å²) in [5, 5.41) is 10.2. The minimum atomic E-state index is -5.08. The second kappa shape index (κ2) is 8.74. The number of hydrogen-bond donors (Lipinski definition) is 2. The highest BCUT2D eigenvalue weighted by molar-refractivity contribution is 5.77. The molecular weight excluding hydrogens is 393 g/mol. The molecule has 29 heavy (non-hydrogen) atoms. The van der Waals surface area contributed by atoms with Gasteiger partial charge in [-0.3, -0.25) is 9.69 Å². The summed E-state index contributed by atoms with van der Waals surface area (Å²) in [5.74, 6) is -0.0390. The Morgan fingerprint density at radius 3 is 2.48 bits per heavy atom. The fourth-order valence-electron chi connectivity index (χ4n) is 3.72. The molecule has 7 nitrogen and oxygen atoms in total. The van der Waals surface area contributed by atoms with E-state index >= 15 is 0 Å². The van der Waals surface area contributed by atoms with Crippen LogP contribution in [0.4, 0.5) is 13.2 Å². The zero-order chi connectivity index (χ0) is 21.2. The largest absolute Gasteiger partial charge is 0.490 e. The fourth-order valence-corrected chi connectivity index (χ4v) is 3.72. The second-order valence-corrected chi connectivity index (χ2v) is 7.85. The van der Waals surface area contributed by atoms with Gasteiger partial charge in [0.25, 0.3) is 0 Å². The molecule has 1 aliphatic carbocycles. The number of ether oxygens (including phenoxy) is 1. The predicted octanol–water partition coefficient (Wildman–Crippen LogP) is 2.48. The van der Waals surface area contributed by atoms with Crippen LogP contribution in [0.1, 0.15) is 37.2 Å². The van der Waals surface area contributed by atoms with Crippen molar-refractivity contribution in [3.05, 3.63) is 23.7 Å². The molecule has 2 N–H and O–H groups in total. The molecule has 162 valence electrons. The molecule has 0 bridgehead atoms. The van der Waals surface area contributed by atoms with Crippen LogP contribution >= 0.6 is 0 Å². The molecule has 1 saturated carbocycles. The Morgan fingerprint density at radius 1 is 1.28 bits per heavy atom. The number of hydrogen-bond acceptors (Lipinski definition) is 5. The second-order valence-electron chi connectivity index (χ2n) is 7.85. The molecule has 2 saturated heterocycles. The number of carbonyl (C=O) groups is 2. The summed E-state index contributed by atoms with van der Waals surface area (Å²) in [7, 11) is 0. The number of carbonyl (C=O) groups excluding carboxylic acids is 1. The Kier molecular flexibility index (Phi) is 6.52. The van der Waals surface area contributed by atoms with Crippen LogP contribution < -0.4 is 5.32 Å². The number of aliphatic carboxylic acids is 1. The van der Waals surface area contributed by atoms with Crippen molar-refractivity contribution in [2.75, 3.05) is 13.1 Å². The van der Waals surface area contributed by atoms with Gasteiger partial charge in [0, 0.05) is 25.0 Å². The maximum atomic E-state index is 11.9. The van der Waals surface area contributed by atoms with Crippen molar-refractivity contribution in [2.24, 2.45) is 5.92 Å². The number of carboxylic acids is 1. The third-order valence-corrected chi connectivity index (χ3v) is 5.16. The number of rotatable bonds is 5. The lowest BCUT2D eigenvalue weighted by Crippen LogP contribution is -2.30. The van der Waals surface area contributed by atoms with Crippen molar-refractivity contribution in [3.63, 3.8) is 0 Å². The molecule has 4 rings (SSSR count). The third-order valence-electron chi connectivity index (χ3n) is 5.16. The average molecular weight is 418 g/mol. The van der Waals surface area contributed by atoms with Gasteiger partial charge in [-0.1, -0.05) is 0 Å². The van der Waals surface area contributed by atoms with Gasteiger partial charge in [0.15, 0.2) is 0 Å². The molecule has 1 amide bonds. The van der Waals surface area contributed by atoms with E-state index in [0.29, 0.717) is 18.4 Å². The topological polar surface area (TPSA) is 92.0 Å². The molecule has 0 unspecified atom stereocenters. The van der Waals surface area contributed by atoms with Gasteiger partial charge < -0.3 is 19.6 Å². The van der Waals surface area contributed by atoms with Gasteiger partial charge in [-0.15, -0.1) is 0 Å². The van der Waals surface area contributed by atoms with E-state index in [-0.39, 0.29) is 18.1 Å². The van der Waals surface area contributed by atoms with Crippen LogP contribution in [0.2, 0.25) is 0 Å². The molecule has 10 heteroatoms. The third kappa shape index (κ3) is 6.46. The van der Waals surface area contributed by atoms with Gasteiger partial charge in [0.2, 0.25) is 5.91 Å². The van der Waals surface area contributed by atoms with Crippen molar-refractivity contribution >= 4 is 11.9 Å². The average Bonchev–Trinajstić information content (AvgIpc) is 3.00. The number of furan rings is 1. The maximum absolute atomic E-state index is 11.9. The summed E-state index contributed by atoms with van der Waals surface area (Å²) in [6.07, 6.45) is -0.860. The van der Waals surface area contributed by atoms with Crippen LogP contribution in [-0.4, -0.2) is 59.4 Å². The minimum absolute atomic E-state index is 0.113. The number of halogens is 3. The van der Waals surface area contributed by atoms with Gasteiger partial charge in [-0.05, 0) is 38.3 Å². The number of fused-ring (bicyclic) bond motifs is 1. The molecule has 0 spiro atoms. The summed E-state index contributed by atoms with van der Waals surface area (Å²) in [6.45, 7) is 4.83. The van der Waals surface area contributed by atoms with Crippen molar-refractivity contribution in [3.8, 4) is 0 Å². The number of nitrogens with zero attached hydrogens (tertiary/aromatic N) is 1. The van der Waals surface area contributed by atoms with E-state index < -0.39 is 12.1 Å². The Hall–Kier alpha value is -2.07. The monoisotopic (exact) mass is 418 g/mol. The van der Waals surface area contributed by atoms with E-state index in [0.717, 1.165) is 50.4 Å². The Bertz CT molecular complexity index is 718. The number of alkyl halides is 3. The SMILES string of the molecule is Cc1ccc(CN2C[C@@H]3C[C@@H](CC(=O)NC4CC4)O[C@@H]3C2)o1.O=C(O)C(F)(F)F. The molecule has 3 heterocycles. The zero-order valence-electron chi connectivity index (χ0n) is 16.1. The van der Waals surface area contributed by atoms with Crippen molar-refractivity contribution < 1.29 is 37.0 Å². The first-order valence-electron chi connectivity index (χ1n) is 9.62. The lowest BCUT2D eigenvalue weighted by Gasteiger charge is -2.18. The van der Waals surface area contributed by atoms with E-state index in [1.165, 1.54) is 0 Å². The lowest BCUT2D eigenvalue weighted by molar-refractivity contribution is -0.192. The van der Waals surface area contributed by atoms with Crippen LogP contribution in [-0.2, 0) is 20.9 Å². The first-order chi connectivity index (χ1) is 13.6. The van der Waals surface area contributed by atoms with E-state index in [1.807, 2.05) is 13.0 Å². The van der Waals surface area contributed by atoms with E-state index in [1.54, 1.807) is 0 Å². The van der Waals surface area contributed by atoms with Crippen LogP contribution in [0.5, 0.6) is 0 Å². The smallest absolute Gasteiger partial charge is 0.475 e. The summed E-state index contributed by atoms with van der Waals surface area (Å²) in [5.41, 5.74) is 0. The minimum Gasteiger partial charge on any atom is -0.475 e. The predicted molar refractivity (Wildman–Crippen MR) is 95.0 cm³/mol. The molecule has 0 aromatic carbocycles. The number of amides is 1. The van der Waals surface area contributed by atoms with Crippen LogP contribution in [0.25, 0.3) is 0 Å². The Labute approximate surface area is 166 Å². The van der Waals surface area contributed by atoms with Gasteiger partial charge in [0.05, 0.1) is 25.2 Å². The first kappa shape index (κ1) is 21.6. The highest BCUT2D eigenvalue weighted by Gasteiger charge is 2.42. The van der Waals surface area contributed by atoms with E-state index in [9.17, 15) is 18.0 Å². The number of aryl methyl sites for hydroxylation is 1. The fraction of sp³-hybridized carbons (Fsp3) is 0.684. The number of nitrogens with one attached hydrogen (secondary N) is 1. The molecule has 3 aliphatic rings. The molecule has 1 aromatic rings. The maximum Gasteiger partial charge on any atom is 0.490 e. The van der Waals surface area contributed by atoms with Gasteiger partial charge in [-0.2, -0.15) is 13.2 Å². The highest BCUT2D eigenvalue weighted by Crippen LogP contribution is 2.35. The first-order valence-corrected chi connectivity index (χ1v) is 9.62. The normalized spacial score (nSPS) is 26.6. The van der Waals surface area contributed by atoms with Crippen molar-refractivity contribution in [1.29, 1.82) is 0 Å². The molecule has 2 aliphatic heterocycles. The summed E-state index contributed by atoms with van der Waals surface area (Å²) in [6, 6.07) is 4.51. The highest BCUT2D eigenvalue weighted by atomic mass is 19.4. The zero-order valence-corrected chi connectivity index (χ0v) is 16.1. The van der Waals surface area contributed by atoms with Crippen molar-refractivity contribution in [2.45, 2.75) is 63.6 Å². The summed E-state index contributed by atoms with van der Waals surface area (Å²) in [4.78, 5) is 23.2. The molecule has 1 aromatic heterocycles. The quantitative estimate of drug-likeness (QED) is 0.764. The van der Waals surface area contributed by atoms with Gasteiger partial charge in [0.1, 0.15) is 11.5 Å². The lowest BCUT2D eigenvalue weighted by atomic mass is 10.0. The number of carboxylic acid groups (broad SMARTS) is 1. The van der Waals surface area contributed by atoms with Crippen LogP contribution in [0.3, 0.4) is 0 Å². The standard InChI is InChI=1S/C17H24N2O3.C2HF3O2/c1-11-2-5-14(21-11)9-19-8-12-6-15(22-16(12)10-19)7-17(20)18-13-3-4-13;3-2(4,5)1(6)7/h2,5,12-13,15-16H,3-4,6-10H2,1H3,(H,18,20);(H,6,7)/t12-,15-,16+;/m0./s1. The van der Waals surface area contributed by atoms with Gasteiger partial charge >= 0.3 is 12.1 Å². The van der Waals surface area contributed by atoms with Crippen LogP contribution in [0, 0.1) is 12.8 Å². The summed E-state index contributed by atoms with van der Waals surface area (Å²) < 4.78 is 43.5. The van der Waals surface area contributed by atoms with Crippen LogP contribution in [0.15, 0.2) is 16.5 Å². The van der Waals surface area contributed by atoms with E-state index in [4.69, 9.17) is 19.1 Å². The Morgan fingerprint density at radius 2 is 1.97 bits per heavy atom. The molecule has 0 radical (unpaired) electrons. The molecule has 3 atom stereocenters. The number of likely N-dealkylation sites (tertiary alicyclic amines) is 1. The summed E-state index contributed by atoms with van der Waals surface area (Å²) >= 11 is 0. The van der Waals surface area contributed by atoms with Crippen molar-refractivity contribution in [1.82, 2.24) is 10.2 Å². The molecule has 3 fully saturated rings. The van der Waals surface area contributed by atoms with E-state index in [2.05, 4.69) is 16.3 Å². The van der Waals surface area contributed by atoms with Gasteiger partial charge in [-0.25, -0.2) is 4.79 Å².